The molecule has 110 valence electrons. The fourth-order valence-corrected chi connectivity index (χ4v) is 2.76. The zero-order valence-electron chi connectivity index (χ0n) is 11.6. The zero-order chi connectivity index (χ0) is 14.7. The molecule has 2 atom stereocenters. The molecular formula is C14H20FN3O2. The van der Waals surface area contributed by atoms with Crippen LogP contribution in [0.15, 0.2) is 18.2 Å². The molecule has 0 amide bonds. The van der Waals surface area contributed by atoms with Crippen LogP contribution in [-0.4, -0.2) is 29.0 Å². The Kier molecular flexibility index (Phi) is 4.67. The highest BCUT2D eigenvalue weighted by atomic mass is 19.1. The third-order valence-electron chi connectivity index (χ3n) is 4.02. The Morgan fingerprint density at radius 2 is 2.30 bits per heavy atom. The maximum atomic E-state index is 13.6. The van der Waals surface area contributed by atoms with E-state index in [1.54, 1.807) is 6.07 Å². The molecule has 0 spiro atoms. The molecule has 2 unspecified atom stereocenters. The molecule has 0 bridgehead atoms. The number of nitrogens with two attached hydrogens (primary N) is 1. The van der Waals surface area contributed by atoms with E-state index in [0.717, 1.165) is 31.5 Å². The number of benzene rings is 1. The first-order valence-corrected chi connectivity index (χ1v) is 6.92. The molecule has 2 rings (SSSR count). The summed E-state index contributed by atoms with van der Waals surface area (Å²) in [6, 6.07) is 4.35. The Morgan fingerprint density at radius 1 is 1.55 bits per heavy atom. The molecule has 1 aromatic rings. The number of hydrogen-bond acceptors (Lipinski definition) is 4. The first-order valence-electron chi connectivity index (χ1n) is 6.92. The van der Waals surface area contributed by atoms with Gasteiger partial charge in [-0.3, -0.25) is 15.0 Å². The largest absolute Gasteiger partial charge is 0.327 e. The minimum absolute atomic E-state index is 0.241. The number of likely N-dealkylation sites (tertiary alicyclic amines) is 1. The fourth-order valence-electron chi connectivity index (χ4n) is 2.76. The molecule has 0 aliphatic carbocycles. The topological polar surface area (TPSA) is 72.4 Å². The Morgan fingerprint density at radius 3 is 2.90 bits per heavy atom. The van der Waals surface area contributed by atoms with E-state index in [4.69, 9.17) is 5.73 Å². The Hall–Kier alpha value is -1.53. The third-order valence-corrected chi connectivity index (χ3v) is 4.02. The normalized spacial score (nSPS) is 23.8. The second-order valence-corrected chi connectivity index (χ2v) is 5.40. The Balaban J connectivity index is 2.03. The minimum atomic E-state index is -0.770. The van der Waals surface area contributed by atoms with E-state index in [9.17, 15) is 14.5 Å². The molecule has 0 radical (unpaired) electrons. The first kappa shape index (κ1) is 14.9. The summed E-state index contributed by atoms with van der Waals surface area (Å²) >= 11 is 0. The van der Waals surface area contributed by atoms with Crippen LogP contribution < -0.4 is 5.73 Å². The number of halogens is 1. The van der Waals surface area contributed by atoms with Gasteiger partial charge in [-0.05, 0) is 30.5 Å². The maximum Gasteiger partial charge on any atom is 0.304 e. The highest BCUT2D eigenvalue weighted by Crippen LogP contribution is 2.22. The van der Waals surface area contributed by atoms with Crippen LogP contribution in [-0.2, 0) is 6.54 Å². The van der Waals surface area contributed by atoms with Crippen molar-refractivity contribution in [3.8, 4) is 0 Å². The van der Waals surface area contributed by atoms with Gasteiger partial charge in [-0.2, -0.15) is 4.39 Å². The molecule has 2 N–H and O–H groups in total. The van der Waals surface area contributed by atoms with Crippen LogP contribution in [0.4, 0.5) is 10.1 Å². The lowest BCUT2D eigenvalue weighted by molar-refractivity contribution is -0.387. The Labute approximate surface area is 117 Å². The van der Waals surface area contributed by atoms with Crippen molar-refractivity contribution in [3.05, 3.63) is 39.7 Å². The van der Waals surface area contributed by atoms with Gasteiger partial charge in [-0.15, -0.1) is 0 Å². The van der Waals surface area contributed by atoms with Gasteiger partial charge in [0.1, 0.15) is 0 Å². The summed E-state index contributed by atoms with van der Waals surface area (Å²) in [7, 11) is 0. The second kappa shape index (κ2) is 6.28. The summed E-state index contributed by atoms with van der Waals surface area (Å²) in [6.07, 6.45) is 1.97. The van der Waals surface area contributed by atoms with Crippen molar-refractivity contribution in [1.29, 1.82) is 0 Å². The van der Waals surface area contributed by atoms with Gasteiger partial charge >= 0.3 is 5.69 Å². The smallest absolute Gasteiger partial charge is 0.304 e. The predicted octanol–water partition coefficient (Wildman–Crippen LogP) is 2.29. The van der Waals surface area contributed by atoms with E-state index in [-0.39, 0.29) is 6.04 Å². The molecule has 1 aromatic carbocycles. The van der Waals surface area contributed by atoms with E-state index >= 15 is 0 Å². The first-order chi connectivity index (χ1) is 9.51. The van der Waals surface area contributed by atoms with Crippen molar-refractivity contribution in [2.45, 2.75) is 32.4 Å². The highest BCUT2D eigenvalue weighted by Gasteiger charge is 2.25. The molecule has 1 saturated heterocycles. The van der Waals surface area contributed by atoms with Gasteiger partial charge in [0.15, 0.2) is 0 Å². The lowest BCUT2D eigenvalue weighted by Gasteiger charge is -2.36. The second-order valence-electron chi connectivity index (χ2n) is 5.40. The van der Waals surface area contributed by atoms with Crippen LogP contribution in [0.3, 0.4) is 0 Å². The van der Waals surface area contributed by atoms with E-state index in [2.05, 4.69) is 11.8 Å². The van der Waals surface area contributed by atoms with E-state index in [1.807, 2.05) is 0 Å². The summed E-state index contributed by atoms with van der Waals surface area (Å²) in [5.41, 5.74) is 6.35. The molecular weight excluding hydrogens is 261 g/mol. The molecule has 6 heteroatoms. The van der Waals surface area contributed by atoms with Gasteiger partial charge in [0.2, 0.25) is 5.82 Å². The lowest BCUT2D eigenvalue weighted by Crippen LogP contribution is -2.46. The summed E-state index contributed by atoms with van der Waals surface area (Å²) in [5, 5.41) is 10.6. The quantitative estimate of drug-likeness (QED) is 0.679. The van der Waals surface area contributed by atoms with Crippen LogP contribution >= 0.6 is 0 Å². The standard InChI is InChI=1S/C14H20FN3O2/c1-2-11-9-17(6-5-13(11)16)8-10-3-4-14(18(19)20)12(15)7-10/h3-4,7,11,13H,2,5-6,8-9,16H2,1H3. The van der Waals surface area contributed by atoms with Crippen molar-refractivity contribution < 1.29 is 9.31 Å². The SMILES string of the molecule is CCC1CN(Cc2ccc([N+](=O)[O-])c(F)c2)CCC1N. The number of rotatable bonds is 4. The lowest BCUT2D eigenvalue weighted by atomic mass is 9.90. The average Bonchev–Trinajstić information content (AvgIpc) is 2.40. The van der Waals surface area contributed by atoms with Gasteiger partial charge < -0.3 is 5.73 Å². The number of nitrogens with zero attached hydrogens (tertiary/aromatic N) is 2. The van der Waals surface area contributed by atoms with Crippen molar-refractivity contribution >= 4 is 5.69 Å². The zero-order valence-corrected chi connectivity index (χ0v) is 11.6. The molecule has 1 aliphatic heterocycles. The van der Waals surface area contributed by atoms with Gasteiger partial charge in [0.05, 0.1) is 4.92 Å². The highest BCUT2D eigenvalue weighted by molar-refractivity contribution is 5.35. The Bertz CT molecular complexity index is 495. The summed E-state index contributed by atoms with van der Waals surface area (Å²) in [5.74, 6) is -0.306. The molecule has 1 aliphatic rings. The molecule has 0 saturated carbocycles. The molecule has 1 heterocycles. The number of piperidine rings is 1. The van der Waals surface area contributed by atoms with Crippen LogP contribution in [0.5, 0.6) is 0 Å². The maximum absolute atomic E-state index is 13.6. The summed E-state index contributed by atoms with van der Waals surface area (Å²) in [4.78, 5) is 12.1. The fraction of sp³-hybridized carbons (Fsp3) is 0.571. The van der Waals surface area contributed by atoms with Crippen LogP contribution in [0.25, 0.3) is 0 Å². The molecule has 5 nitrogen and oxygen atoms in total. The number of nitro groups is 1. The third kappa shape index (κ3) is 3.32. The van der Waals surface area contributed by atoms with Crippen LogP contribution in [0.2, 0.25) is 0 Å². The molecule has 20 heavy (non-hydrogen) atoms. The van der Waals surface area contributed by atoms with E-state index < -0.39 is 16.4 Å². The van der Waals surface area contributed by atoms with Gasteiger partial charge in [0, 0.05) is 25.2 Å². The monoisotopic (exact) mass is 281 g/mol. The van der Waals surface area contributed by atoms with Crippen LogP contribution in [0.1, 0.15) is 25.3 Å². The van der Waals surface area contributed by atoms with Gasteiger partial charge in [-0.1, -0.05) is 19.4 Å². The number of nitro benzene ring substituents is 1. The van der Waals surface area contributed by atoms with Crippen molar-refractivity contribution in [3.63, 3.8) is 0 Å². The number of hydrogen-bond donors (Lipinski definition) is 1. The minimum Gasteiger partial charge on any atom is -0.327 e. The molecule has 0 aromatic heterocycles. The van der Waals surface area contributed by atoms with E-state index in [0.29, 0.717) is 12.5 Å². The molecule has 1 fully saturated rings. The average molecular weight is 281 g/mol. The van der Waals surface area contributed by atoms with Crippen molar-refractivity contribution in [1.82, 2.24) is 4.90 Å². The van der Waals surface area contributed by atoms with Crippen molar-refractivity contribution in [2.75, 3.05) is 13.1 Å². The van der Waals surface area contributed by atoms with Crippen molar-refractivity contribution in [2.24, 2.45) is 11.7 Å². The summed E-state index contributed by atoms with van der Waals surface area (Å²) < 4.78 is 13.6. The van der Waals surface area contributed by atoms with E-state index in [1.165, 1.54) is 12.1 Å². The van der Waals surface area contributed by atoms with Gasteiger partial charge in [-0.25, -0.2) is 0 Å². The predicted molar refractivity (Wildman–Crippen MR) is 74.7 cm³/mol. The summed E-state index contributed by atoms with van der Waals surface area (Å²) in [6.45, 7) is 4.52. The van der Waals surface area contributed by atoms with Gasteiger partial charge in [0.25, 0.3) is 0 Å². The van der Waals surface area contributed by atoms with Crippen LogP contribution in [0, 0.1) is 21.8 Å².